The Hall–Kier alpha value is -2.90. The highest BCUT2D eigenvalue weighted by Crippen LogP contribution is 2.24. The molecule has 0 bridgehead atoms. The summed E-state index contributed by atoms with van der Waals surface area (Å²) in [5.41, 5.74) is 16.8. The number of amides is 3. The normalized spacial score (nSPS) is 18.2. The highest BCUT2D eigenvalue weighted by molar-refractivity contribution is 6.41. The molecule has 1 aliphatic heterocycles. The lowest BCUT2D eigenvalue weighted by molar-refractivity contribution is -0.164. The van der Waals surface area contributed by atoms with Gasteiger partial charge in [0.15, 0.2) is 0 Å². The number of Topliss-reactive ketones (excluding diaryl/α,β-unsaturated/α-hetero) is 1. The first-order chi connectivity index (χ1) is 17.9. The van der Waals surface area contributed by atoms with Gasteiger partial charge < -0.3 is 32.3 Å². The number of imide groups is 1. The maximum atomic E-state index is 13.5. The third-order valence-electron chi connectivity index (χ3n) is 6.56. The molecular formula is C26H47N5O8. The molecule has 1 saturated heterocycles. The number of hydrogen-bond acceptors (Lipinski definition) is 9. The van der Waals surface area contributed by atoms with Crippen LogP contribution < -0.4 is 17.2 Å². The summed E-state index contributed by atoms with van der Waals surface area (Å²) in [7, 11) is 0. The largest absolute Gasteiger partial charge is 0.480 e. The molecule has 1 unspecified atom stereocenters. The number of aliphatic carboxylic acids is 2. The van der Waals surface area contributed by atoms with Gasteiger partial charge in [-0.2, -0.15) is 0 Å². The monoisotopic (exact) mass is 557 g/mol. The van der Waals surface area contributed by atoms with Crippen molar-refractivity contribution in [3.05, 3.63) is 0 Å². The highest BCUT2D eigenvalue weighted by Gasteiger charge is 2.46. The van der Waals surface area contributed by atoms with E-state index in [-0.39, 0.29) is 43.6 Å². The quantitative estimate of drug-likeness (QED) is 0.203. The van der Waals surface area contributed by atoms with Gasteiger partial charge in [0.25, 0.3) is 11.8 Å². The van der Waals surface area contributed by atoms with Crippen LogP contribution in [0.25, 0.3) is 0 Å². The summed E-state index contributed by atoms with van der Waals surface area (Å²) < 4.78 is 0. The summed E-state index contributed by atoms with van der Waals surface area (Å²) in [6, 6.07) is -5.29. The first kappa shape index (κ1) is 36.1. The fourth-order valence-electron chi connectivity index (χ4n) is 3.83. The molecule has 3 amide bonds. The fourth-order valence-corrected chi connectivity index (χ4v) is 3.83. The minimum absolute atomic E-state index is 0.0208. The van der Waals surface area contributed by atoms with E-state index in [0.29, 0.717) is 11.3 Å². The van der Waals surface area contributed by atoms with Gasteiger partial charge in [-0.1, -0.05) is 48.5 Å². The molecule has 1 rings (SSSR count). The van der Waals surface area contributed by atoms with Crippen LogP contribution in [-0.2, 0) is 28.8 Å². The van der Waals surface area contributed by atoms with Crippen LogP contribution in [0.2, 0.25) is 0 Å². The molecule has 39 heavy (non-hydrogen) atoms. The fraction of sp³-hybridized carbons (Fsp3) is 0.769. The van der Waals surface area contributed by atoms with E-state index >= 15 is 0 Å². The Morgan fingerprint density at radius 3 is 1.74 bits per heavy atom. The first-order valence-electron chi connectivity index (χ1n) is 13.3. The van der Waals surface area contributed by atoms with Gasteiger partial charge in [-0.3, -0.25) is 28.9 Å². The summed E-state index contributed by atoms with van der Waals surface area (Å²) in [6.45, 7) is 12.5. The van der Waals surface area contributed by atoms with Gasteiger partial charge in [-0.15, -0.1) is 0 Å². The number of nitrogens with two attached hydrogens (primary N) is 3. The second-order valence-electron chi connectivity index (χ2n) is 10.9. The van der Waals surface area contributed by atoms with Crippen molar-refractivity contribution >= 4 is 35.4 Å². The number of likely N-dealkylation sites (tertiary alicyclic amines) is 1. The van der Waals surface area contributed by atoms with Crippen molar-refractivity contribution < 1.29 is 39.0 Å². The number of carboxylic acids is 2. The standard InChI is InChI=1S/C21H36N4O6.C5H11NO2/c1-6-13(22)17(26)20(29)25(15(21(30)31)10-11(2)3)18(27)14-8-7-9-24(14)19(28)16(23)12(4)5;1-3(2)4(6)5(7)8/h11-16H,6-10,22-23H2,1-5H3,(H,30,31);3-4H,6H2,1-2H3,(H,7,8)/t13?,14-,15+,16-;4-/m00/s1. The highest BCUT2D eigenvalue weighted by atomic mass is 16.4. The van der Waals surface area contributed by atoms with Crippen LogP contribution in [0.4, 0.5) is 0 Å². The maximum absolute atomic E-state index is 13.5. The summed E-state index contributed by atoms with van der Waals surface area (Å²) >= 11 is 0. The van der Waals surface area contributed by atoms with E-state index in [1.807, 2.05) is 0 Å². The number of rotatable bonds is 12. The summed E-state index contributed by atoms with van der Waals surface area (Å²) in [6.07, 6.45) is 0.875. The van der Waals surface area contributed by atoms with Gasteiger partial charge in [0.05, 0.1) is 12.1 Å². The van der Waals surface area contributed by atoms with Gasteiger partial charge >= 0.3 is 11.9 Å². The summed E-state index contributed by atoms with van der Waals surface area (Å²) in [5, 5.41) is 18.0. The number of carbonyl (C=O) groups excluding carboxylic acids is 4. The molecule has 8 N–H and O–H groups in total. The summed E-state index contributed by atoms with van der Waals surface area (Å²) in [5.74, 6) is -6.24. The van der Waals surface area contributed by atoms with E-state index < -0.39 is 65.7 Å². The number of carbonyl (C=O) groups is 6. The Morgan fingerprint density at radius 2 is 1.38 bits per heavy atom. The Bertz CT molecular complexity index is 892. The van der Waals surface area contributed by atoms with Crippen LogP contribution in [0.5, 0.6) is 0 Å². The van der Waals surface area contributed by atoms with Crippen LogP contribution in [0.3, 0.4) is 0 Å². The number of hydrogen-bond donors (Lipinski definition) is 5. The van der Waals surface area contributed by atoms with E-state index in [1.54, 1.807) is 48.5 Å². The molecule has 0 aromatic rings. The lowest BCUT2D eigenvalue weighted by Crippen LogP contribution is -2.60. The van der Waals surface area contributed by atoms with Crippen LogP contribution in [0.1, 0.15) is 74.1 Å². The molecule has 13 heteroatoms. The van der Waals surface area contributed by atoms with Gasteiger partial charge in [0.1, 0.15) is 18.1 Å². The van der Waals surface area contributed by atoms with E-state index in [4.69, 9.17) is 22.3 Å². The molecule has 0 radical (unpaired) electrons. The van der Waals surface area contributed by atoms with Crippen molar-refractivity contribution in [3.63, 3.8) is 0 Å². The molecule has 0 spiro atoms. The van der Waals surface area contributed by atoms with E-state index in [2.05, 4.69) is 0 Å². The minimum Gasteiger partial charge on any atom is -0.480 e. The van der Waals surface area contributed by atoms with E-state index in [9.17, 15) is 33.9 Å². The number of carboxylic acid groups (broad SMARTS) is 2. The van der Waals surface area contributed by atoms with Crippen molar-refractivity contribution in [3.8, 4) is 0 Å². The maximum Gasteiger partial charge on any atom is 0.326 e. The molecule has 0 aromatic heterocycles. The first-order valence-corrected chi connectivity index (χ1v) is 13.3. The molecule has 0 aliphatic carbocycles. The smallest absolute Gasteiger partial charge is 0.326 e. The molecule has 13 nitrogen and oxygen atoms in total. The average molecular weight is 558 g/mol. The van der Waals surface area contributed by atoms with Crippen molar-refractivity contribution in [1.29, 1.82) is 0 Å². The zero-order valence-electron chi connectivity index (χ0n) is 24.1. The van der Waals surface area contributed by atoms with Crippen LogP contribution in [0, 0.1) is 17.8 Å². The van der Waals surface area contributed by atoms with Gasteiger partial charge in [0.2, 0.25) is 11.7 Å². The molecule has 1 heterocycles. The Morgan fingerprint density at radius 1 is 0.872 bits per heavy atom. The lowest BCUT2D eigenvalue weighted by atomic mass is 9.99. The zero-order valence-corrected chi connectivity index (χ0v) is 24.1. The van der Waals surface area contributed by atoms with Crippen LogP contribution in [-0.4, -0.2) is 92.2 Å². The molecule has 0 aromatic carbocycles. The van der Waals surface area contributed by atoms with Crippen molar-refractivity contribution in [2.45, 2.75) is 104 Å². The molecule has 224 valence electrons. The molecular weight excluding hydrogens is 510 g/mol. The second kappa shape index (κ2) is 16.3. The van der Waals surface area contributed by atoms with E-state index in [1.165, 1.54) is 4.90 Å². The zero-order chi connectivity index (χ0) is 30.8. The Balaban J connectivity index is 0.00000156. The lowest BCUT2D eigenvalue weighted by Gasteiger charge is -2.34. The predicted molar refractivity (Wildman–Crippen MR) is 144 cm³/mol. The van der Waals surface area contributed by atoms with Crippen LogP contribution in [0.15, 0.2) is 0 Å². The topological polar surface area (TPSA) is 227 Å². The van der Waals surface area contributed by atoms with Crippen molar-refractivity contribution in [2.24, 2.45) is 35.0 Å². The molecule has 1 aliphatic rings. The van der Waals surface area contributed by atoms with Crippen LogP contribution >= 0.6 is 0 Å². The average Bonchev–Trinajstić information content (AvgIpc) is 3.35. The molecule has 1 fully saturated rings. The number of ketones is 1. The van der Waals surface area contributed by atoms with Gasteiger partial charge in [0, 0.05) is 6.54 Å². The molecule has 0 saturated carbocycles. The van der Waals surface area contributed by atoms with Crippen molar-refractivity contribution in [2.75, 3.05) is 6.54 Å². The Labute approximate surface area is 230 Å². The third kappa shape index (κ3) is 10.3. The predicted octanol–water partition coefficient (Wildman–Crippen LogP) is 0.176. The Kier molecular flexibility index (Phi) is 15.1. The minimum atomic E-state index is -1.54. The molecule has 5 atom stereocenters. The SMILES string of the molecule is CC(C)[C@H](N)C(=O)O.CCC(N)C(=O)C(=O)N(C(=O)[C@@H]1CCCN1C(=O)[C@@H](N)C(C)C)[C@H](CC(C)C)C(=O)O. The van der Waals surface area contributed by atoms with Crippen molar-refractivity contribution in [1.82, 2.24) is 9.80 Å². The summed E-state index contributed by atoms with van der Waals surface area (Å²) in [4.78, 5) is 75.5. The van der Waals surface area contributed by atoms with Gasteiger partial charge in [-0.05, 0) is 43.4 Å². The number of nitrogens with zero attached hydrogens (tertiary/aromatic N) is 2. The third-order valence-corrected chi connectivity index (χ3v) is 6.56. The van der Waals surface area contributed by atoms with Gasteiger partial charge in [-0.25, -0.2) is 4.79 Å². The van der Waals surface area contributed by atoms with E-state index in [0.717, 1.165) is 0 Å². The second-order valence-corrected chi connectivity index (χ2v) is 10.9.